The largest absolute Gasteiger partial charge is 0.322 e. The summed E-state index contributed by atoms with van der Waals surface area (Å²) in [5, 5.41) is 0. The van der Waals surface area contributed by atoms with Gasteiger partial charge in [0, 0.05) is 26.6 Å². The summed E-state index contributed by atoms with van der Waals surface area (Å²) in [6.45, 7) is 2.16. The molecule has 2 aromatic carbocycles. The van der Waals surface area contributed by atoms with Crippen molar-refractivity contribution in [3.05, 3.63) is 71.1 Å². The van der Waals surface area contributed by atoms with Crippen molar-refractivity contribution in [2.75, 3.05) is 9.80 Å². The number of allylic oxidation sites excluding steroid dienone is 2. The maximum Gasteiger partial charge on any atom is 0.108 e. The molecule has 4 aliphatic rings. The van der Waals surface area contributed by atoms with Gasteiger partial charge in [0.25, 0.3) is 0 Å². The topological polar surface area (TPSA) is 6.48 Å². The first-order valence-corrected chi connectivity index (χ1v) is 13.3. The summed E-state index contributed by atoms with van der Waals surface area (Å²) in [6.07, 6.45) is 12.1. The molecule has 1 atom stereocenters. The van der Waals surface area contributed by atoms with Gasteiger partial charge in [-0.05, 0) is 81.5 Å². The van der Waals surface area contributed by atoms with E-state index in [9.17, 15) is 0 Å². The van der Waals surface area contributed by atoms with Crippen molar-refractivity contribution < 1.29 is 4.11 Å². The highest BCUT2D eigenvalue weighted by Crippen LogP contribution is 2.64. The van der Waals surface area contributed by atoms with Gasteiger partial charge < -0.3 is 9.80 Å². The second-order valence-corrected chi connectivity index (χ2v) is 10.9. The van der Waals surface area contributed by atoms with E-state index in [1.807, 2.05) is 12.1 Å². The molecule has 174 valence electrons. The molecular formula is C31H40N2. The van der Waals surface area contributed by atoms with Crippen LogP contribution in [0.5, 0.6) is 0 Å². The van der Waals surface area contributed by atoms with Crippen LogP contribution in [0.2, 0.25) is 0 Å². The number of fused-ring (bicyclic) bond motifs is 3. The minimum absolute atomic E-state index is 0.0948. The first-order valence-electron chi connectivity index (χ1n) is 14.8. The van der Waals surface area contributed by atoms with Gasteiger partial charge >= 0.3 is 0 Å². The molecule has 0 spiro atoms. The third-order valence-corrected chi connectivity index (χ3v) is 9.31. The van der Waals surface area contributed by atoms with E-state index in [2.05, 4.69) is 60.0 Å². The Morgan fingerprint density at radius 3 is 1.91 bits per heavy atom. The zero-order valence-corrected chi connectivity index (χ0v) is 20.3. The van der Waals surface area contributed by atoms with Crippen LogP contribution in [0.15, 0.2) is 59.9 Å². The van der Waals surface area contributed by atoms with Crippen molar-refractivity contribution in [1.82, 2.24) is 0 Å². The van der Waals surface area contributed by atoms with Crippen molar-refractivity contribution in [3.8, 4) is 0 Å². The van der Waals surface area contributed by atoms with Gasteiger partial charge in [-0.2, -0.15) is 0 Å². The number of hydrogen-bond donors (Lipinski definition) is 0. The molecule has 0 radical (unpaired) electrons. The fraction of sp³-hybridized carbons (Fsp3) is 0.548. The summed E-state index contributed by atoms with van der Waals surface area (Å²) >= 11 is 0. The molecule has 2 aliphatic carbocycles. The Balaban J connectivity index is 1.65. The maximum absolute atomic E-state index is 8.80. The Labute approximate surface area is 204 Å². The van der Waals surface area contributed by atoms with Crippen LogP contribution < -0.4 is 9.80 Å². The molecule has 0 amide bonds. The quantitative estimate of drug-likeness (QED) is 0.470. The highest BCUT2D eigenvalue weighted by molar-refractivity contribution is 5.79. The van der Waals surface area contributed by atoms with Crippen molar-refractivity contribution in [1.29, 1.82) is 0 Å². The van der Waals surface area contributed by atoms with Crippen LogP contribution >= 0.6 is 0 Å². The number of rotatable bonds is 3. The van der Waals surface area contributed by atoms with Gasteiger partial charge in [0.2, 0.25) is 0 Å². The highest BCUT2D eigenvalue weighted by Gasteiger charge is 2.60. The van der Waals surface area contributed by atoms with Gasteiger partial charge in [0.05, 0.1) is 5.70 Å². The van der Waals surface area contributed by atoms with E-state index >= 15 is 0 Å². The van der Waals surface area contributed by atoms with Crippen molar-refractivity contribution in [2.24, 2.45) is 11.8 Å². The van der Waals surface area contributed by atoms with Crippen LogP contribution in [-0.4, -0.2) is 6.17 Å². The molecule has 0 aromatic heterocycles. The first-order chi connectivity index (χ1) is 17.4. The smallest absolute Gasteiger partial charge is 0.108 e. The van der Waals surface area contributed by atoms with Crippen molar-refractivity contribution >= 4 is 11.4 Å². The van der Waals surface area contributed by atoms with Gasteiger partial charge in [-0.25, -0.2) is 0 Å². The molecule has 6 rings (SSSR count). The van der Waals surface area contributed by atoms with Gasteiger partial charge in [-0.1, -0.05) is 74.9 Å². The Morgan fingerprint density at radius 2 is 1.30 bits per heavy atom. The van der Waals surface area contributed by atoms with Crippen LogP contribution in [0.1, 0.15) is 93.2 Å². The Bertz CT molecular complexity index is 1140. The monoisotopic (exact) mass is 443 g/mol. The predicted molar refractivity (Wildman–Crippen MR) is 140 cm³/mol. The van der Waals surface area contributed by atoms with Crippen molar-refractivity contribution in [2.45, 2.75) is 96.5 Å². The molecule has 2 heterocycles. The zero-order valence-electron chi connectivity index (χ0n) is 23.3. The van der Waals surface area contributed by atoms with Gasteiger partial charge in [-0.3, -0.25) is 0 Å². The van der Waals surface area contributed by atoms with Crippen molar-refractivity contribution in [3.63, 3.8) is 0 Å². The van der Waals surface area contributed by atoms with Crippen LogP contribution in [-0.2, 0) is 5.41 Å². The SMILES string of the molecule is [2H]C([2H])([2H])C1N(c2ccccc2C)C(C)=C2N1c1ccccc1C2(C1CCCCC1)C1CCCCC1. The number of anilines is 2. The predicted octanol–water partition coefficient (Wildman–Crippen LogP) is 8.31. The normalized spacial score (nSPS) is 27.2. The summed E-state index contributed by atoms with van der Waals surface area (Å²) in [5.74, 6) is 1.14. The molecule has 2 saturated carbocycles. The van der Waals surface area contributed by atoms with Gasteiger partial charge in [0.15, 0.2) is 0 Å². The third-order valence-electron chi connectivity index (χ3n) is 9.31. The maximum atomic E-state index is 8.80. The fourth-order valence-electron chi connectivity index (χ4n) is 8.04. The van der Waals surface area contributed by atoms with E-state index in [1.165, 1.54) is 75.5 Å². The number of nitrogens with zero attached hydrogens (tertiary/aromatic N) is 2. The second-order valence-electron chi connectivity index (χ2n) is 10.9. The average Bonchev–Trinajstić information content (AvgIpc) is 3.36. The molecule has 2 aromatic rings. The minimum atomic E-state index is -2.16. The van der Waals surface area contributed by atoms with E-state index in [0.717, 1.165) is 22.6 Å². The van der Waals surface area contributed by atoms with Crippen LogP contribution in [0.25, 0.3) is 0 Å². The lowest BCUT2D eigenvalue weighted by Gasteiger charge is -2.48. The van der Waals surface area contributed by atoms with Gasteiger partial charge in [-0.15, -0.1) is 0 Å². The van der Waals surface area contributed by atoms with E-state index in [4.69, 9.17) is 4.11 Å². The molecular weight excluding hydrogens is 400 g/mol. The molecule has 2 nitrogen and oxygen atoms in total. The zero-order chi connectivity index (χ0) is 25.1. The van der Waals surface area contributed by atoms with E-state index in [0.29, 0.717) is 11.8 Å². The summed E-state index contributed by atoms with van der Waals surface area (Å²) in [7, 11) is 0. The molecule has 0 bridgehead atoms. The fourth-order valence-corrected chi connectivity index (χ4v) is 8.04. The summed E-state index contributed by atoms with van der Waals surface area (Å²) in [4.78, 5) is 4.46. The van der Waals surface area contributed by atoms with E-state index < -0.39 is 13.0 Å². The standard InChI is InChI=1S/C31H40N2/c1-22-14-10-12-20-28(22)32-23(2)30-31(25-15-6-4-7-16-25,26-17-8-5-9-18-26)27-19-11-13-21-29(27)33(30)24(32)3/h10-14,19-21,24-26H,4-9,15-18H2,1-3H3/i3D3. The average molecular weight is 444 g/mol. The summed E-state index contributed by atoms with van der Waals surface area (Å²) < 4.78 is 26.4. The molecule has 2 fully saturated rings. The Hall–Kier alpha value is -2.22. The lowest BCUT2D eigenvalue weighted by molar-refractivity contribution is 0.134. The van der Waals surface area contributed by atoms with Crippen LogP contribution in [0.3, 0.4) is 0 Å². The van der Waals surface area contributed by atoms with Crippen LogP contribution in [0, 0.1) is 18.8 Å². The lowest BCUT2D eigenvalue weighted by atomic mass is 9.55. The van der Waals surface area contributed by atoms with E-state index in [1.54, 1.807) is 0 Å². The molecule has 0 saturated heterocycles. The Morgan fingerprint density at radius 1 is 0.727 bits per heavy atom. The number of aryl methyl sites for hydroxylation is 1. The number of para-hydroxylation sites is 2. The molecule has 33 heavy (non-hydrogen) atoms. The Kier molecular flexibility index (Phi) is 4.52. The summed E-state index contributed by atoms with van der Waals surface area (Å²) in [5.41, 5.74) is 7.07. The minimum Gasteiger partial charge on any atom is -0.322 e. The third kappa shape index (κ3) is 2.98. The number of hydrogen-bond acceptors (Lipinski definition) is 2. The first kappa shape index (κ1) is 18.2. The summed E-state index contributed by atoms with van der Waals surface area (Å²) in [6, 6.07) is 17.2. The van der Waals surface area contributed by atoms with E-state index in [-0.39, 0.29) is 5.41 Å². The second kappa shape index (κ2) is 8.22. The lowest BCUT2D eigenvalue weighted by Crippen LogP contribution is -2.46. The number of benzene rings is 2. The highest BCUT2D eigenvalue weighted by atomic mass is 15.4. The van der Waals surface area contributed by atoms with Gasteiger partial charge in [0.1, 0.15) is 6.17 Å². The molecule has 2 aliphatic heterocycles. The molecule has 1 unspecified atom stereocenters. The molecule has 2 heteroatoms. The van der Waals surface area contributed by atoms with Crippen LogP contribution in [0.4, 0.5) is 11.4 Å². The molecule has 0 N–H and O–H groups in total.